The van der Waals surface area contributed by atoms with Gasteiger partial charge in [0.15, 0.2) is 4.77 Å². The highest BCUT2D eigenvalue weighted by Gasteiger charge is 2.32. The molecule has 0 spiro atoms. The molecule has 0 amide bonds. The van der Waals surface area contributed by atoms with Crippen molar-refractivity contribution in [3.63, 3.8) is 0 Å². The lowest BCUT2D eigenvalue weighted by Gasteiger charge is -2.38. The maximum absolute atomic E-state index is 5.35. The second-order valence-electron chi connectivity index (χ2n) is 7.91. The molecule has 5 rings (SSSR count). The minimum Gasteiger partial charge on any atom is -0.382 e. The predicted molar refractivity (Wildman–Crippen MR) is 118 cm³/mol. The molecule has 2 aromatic carbocycles. The molecular formula is C23H26N4S. The second-order valence-corrected chi connectivity index (χ2v) is 8.29. The molecule has 0 radical (unpaired) electrons. The van der Waals surface area contributed by atoms with E-state index in [9.17, 15) is 0 Å². The smallest absolute Gasteiger partial charge is 0.181 e. The summed E-state index contributed by atoms with van der Waals surface area (Å²) in [6.07, 6.45) is 8.95. The Morgan fingerprint density at radius 2 is 1.79 bits per heavy atom. The summed E-state index contributed by atoms with van der Waals surface area (Å²) in [5, 5.41) is 3.75. The molecule has 28 heavy (non-hydrogen) atoms. The van der Waals surface area contributed by atoms with E-state index in [1.54, 1.807) is 0 Å². The van der Waals surface area contributed by atoms with Crippen molar-refractivity contribution in [3.8, 4) is 5.69 Å². The Morgan fingerprint density at radius 3 is 2.46 bits per heavy atom. The number of nitrogens with one attached hydrogen (secondary N) is 2. The third-order valence-electron chi connectivity index (χ3n) is 6.19. The van der Waals surface area contributed by atoms with Crippen LogP contribution in [0.3, 0.4) is 0 Å². The van der Waals surface area contributed by atoms with E-state index in [0.717, 1.165) is 16.1 Å². The lowest BCUT2D eigenvalue weighted by molar-refractivity contribution is 0.371. The Morgan fingerprint density at radius 1 is 0.964 bits per heavy atom. The number of H-pyrrole nitrogens is 1. The summed E-state index contributed by atoms with van der Waals surface area (Å²) in [4.78, 5) is 5.55. The minimum absolute atomic E-state index is 0.493. The molecule has 1 aliphatic heterocycles. The first-order valence-electron chi connectivity index (χ1n) is 10.3. The molecule has 144 valence electrons. The SMILES string of the molecule is S=c1[nH]ccn1-c1cccc(NC2CCC2c2ccc(N3CCCC3)cc2)c1. The highest BCUT2D eigenvalue weighted by molar-refractivity contribution is 7.71. The normalized spacial score (nSPS) is 21.5. The number of aromatic nitrogens is 2. The fraction of sp³-hybridized carbons (Fsp3) is 0.348. The van der Waals surface area contributed by atoms with Gasteiger partial charge in [0.1, 0.15) is 0 Å². The quantitative estimate of drug-likeness (QED) is 0.565. The van der Waals surface area contributed by atoms with Gasteiger partial charge in [0.25, 0.3) is 0 Å². The summed E-state index contributed by atoms with van der Waals surface area (Å²) in [7, 11) is 0. The molecule has 2 heterocycles. The Bertz CT molecular complexity index is 998. The summed E-state index contributed by atoms with van der Waals surface area (Å²) < 4.78 is 2.72. The van der Waals surface area contributed by atoms with Crippen LogP contribution in [0.25, 0.3) is 5.69 Å². The van der Waals surface area contributed by atoms with Gasteiger partial charge in [0.2, 0.25) is 0 Å². The number of hydrogen-bond acceptors (Lipinski definition) is 3. The molecule has 1 aliphatic carbocycles. The summed E-state index contributed by atoms with van der Waals surface area (Å²) in [5.74, 6) is 0.589. The van der Waals surface area contributed by atoms with Crippen LogP contribution in [-0.2, 0) is 0 Å². The fourth-order valence-corrected chi connectivity index (χ4v) is 4.70. The zero-order valence-corrected chi connectivity index (χ0v) is 16.8. The number of aromatic amines is 1. The van der Waals surface area contributed by atoms with Crippen LogP contribution in [0.4, 0.5) is 11.4 Å². The van der Waals surface area contributed by atoms with Crippen molar-refractivity contribution in [2.45, 2.75) is 37.6 Å². The molecule has 2 atom stereocenters. The molecule has 3 aromatic rings. The van der Waals surface area contributed by atoms with Gasteiger partial charge in [-0.2, -0.15) is 0 Å². The van der Waals surface area contributed by atoms with Crippen LogP contribution in [0.1, 0.15) is 37.2 Å². The van der Waals surface area contributed by atoms with E-state index in [2.05, 4.69) is 63.7 Å². The molecule has 1 saturated heterocycles. The summed E-state index contributed by atoms with van der Waals surface area (Å²) in [5.41, 5.74) is 5.07. The number of nitrogens with zero attached hydrogens (tertiary/aromatic N) is 2. The van der Waals surface area contributed by atoms with E-state index in [1.165, 1.54) is 50.0 Å². The van der Waals surface area contributed by atoms with Crippen LogP contribution in [-0.4, -0.2) is 28.7 Å². The number of anilines is 2. The minimum atomic E-state index is 0.493. The van der Waals surface area contributed by atoms with Crippen molar-refractivity contribution in [3.05, 3.63) is 71.3 Å². The van der Waals surface area contributed by atoms with Gasteiger partial charge in [-0.3, -0.25) is 4.57 Å². The van der Waals surface area contributed by atoms with Gasteiger partial charge < -0.3 is 15.2 Å². The zero-order chi connectivity index (χ0) is 18.9. The van der Waals surface area contributed by atoms with Crippen LogP contribution in [0.2, 0.25) is 0 Å². The van der Waals surface area contributed by atoms with Crippen LogP contribution in [0.5, 0.6) is 0 Å². The first kappa shape index (κ1) is 17.6. The van der Waals surface area contributed by atoms with Gasteiger partial charge in [-0.15, -0.1) is 0 Å². The van der Waals surface area contributed by atoms with Crippen molar-refractivity contribution >= 4 is 23.6 Å². The van der Waals surface area contributed by atoms with E-state index in [4.69, 9.17) is 12.2 Å². The Hall–Kier alpha value is -2.53. The van der Waals surface area contributed by atoms with Crippen molar-refractivity contribution in [1.29, 1.82) is 0 Å². The monoisotopic (exact) mass is 390 g/mol. The molecule has 0 bridgehead atoms. The van der Waals surface area contributed by atoms with Gasteiger partial charge >= 0.3 is 0 Å². The van der Waals surface area contributed by atoms with Gasteiger partial charge in [0, 0.05) is 54.5 Å². The van der Waals surface area contributed by atoms with Crippen LogP contribution < -0.4 is 10.2 Å². The molecule has 2 aliphatic rings. The van der Waals surface area contributed by atoms with Crippen LogP contribution >= 0.6 is 12.2 Å². The molecule has 4 nitrogen and oxygen atoms in total. The topological polar surface area (TPSA) is 36.0 Å². The number of benzene rings is 2. The van der Waals surface area contributed by atoms with Crippen LogP contribution in [0, 0.1) is 4.77 Å². The first-order chi connectivity index (χ1) is 13.8. The number of hydrogen-bond donors (Lipinski definition) is 2. The summed E-state index contributed by atoms with van der Waals surface area (Å²) in [6.45, 7) is 2.41. The maximum atomic E-state index is 5.35. The third kappa shape index (κ3) is 3.35. The number of imidazole rings is 1. The second kappa shape index (κ2) is 7.47. The average molecular weight is 391 g/mol. The fourth-order valence-electron chi connectivity index (χ4n) is 4.46. The van der Waals surface area contributed by atoms with Gasteiger partial charge in [-0.1, -0.05) is 18.2 Å². The van der Waals surface area contributed by atoms with Gasteiger partial charge in [-0.25, -0.2) is 0 Å². The molecular weight excluding hydrogens is 364 g/mol. The predicted octanol–water partition coefficient (Wildman–Crippen LogP) is 5.49. The number of rotatable bonds is 5. The van der Waals surface area contributed by atoms with Gasteiger partial charge in [0.05, 0.1) is 0 Å². The van der Waals surface area contributed by atoms with Crippen molar-refractivity contribution in [2.75, 3.05) is 23.3 Å². The highest BCUT2D eigenvalue weighted by atomic mass is 32.1. The van der Waals surface area contributed by atoms with E-state index in [-0.39, 0.29) is 0 Å². The summed E-state index contributed by atoms with van der Waals surface area (Å²) in [6, 6.07) is 18.3. The average Bonchev–Trinajstić information content (AvgIpc) is 3.38. The zero-order valence-electron chi connectivity index (χ0n) is 16.0. The molecule has 1 aromatic heterocycles. The lowest BCUT2D eigenvalue weighted by Crippen LogP contribution is -2.36. The van der Waals surface area contributed by atoms with Crippen LogP contribution in [0.15, 0.2) is 60.9 Å². The summed E-state index contributed by atoms with van der Waals surface area (Å²) >= 11 is 5.35. The third-order valence-corrected chi connectivity index (χ3v) is 6.51. The van der Waals surface area contributed by atoms with Crippen molar-refractivity contribution in [1.82, 2.24) is 9.55 Å². The van der Waals surface area contributed by atoms with E-state index in [1.807, 2.05) is 17.0 Å². The van der Waals surface area contributed by atoms with E-state index < -0.39 is 0 Å². The van der Waals surface area contributed by atoms with Gasteiger partial charge in [-0.05, 0) is 73.8 Å². The largest absolute Gasteiger partial charge is 0.382 e. The standard InChI is InChI=1S/C23H26N4S/c28-23-24-12-15-27(23)20-5-3-4-18(16-20)25-22-11-10-21(22)17-6-8-19(9-7-17)26-13-1-2-14-26/h3-9,12,15-16,21-22,25H,1-2,10-11,13-14H2,(H,24,28). The molecule has 2 unspecified atom stereocenters. The lowest BCUT2D eigenvalue weighted by atomic mass is 9.75. The molecule has 2 fully saturated rings. The van der Waals surface area contributed by atoms with Crippen molar-refractivity contribution in [2.24, 2.45) is 0 Å². The first-order valence-corrected chi connectivity index (χ1v) is 10.7. The molecule has 2 N–H and O–H groups in total. The molecule has 5 heteroatoms. The maximum Gasteiger partial charge on any atom is 0.181 e. The van der Waals surface area contributed by atoms with E-state index in [0.29, 0.717) is 12.0 Å². The highest BCUT2D eigenvalue weighted by Crippen LogP contribution is 2.39. The Kier molecular flexibility index (Phi) is 4.69. The van der Waals surface area contributed by atoms with Crippen molar-refractivity contribution < 1.29 is 0 Å². The molecule has 1 saturated carbocycles. The Labute approximate surface area is 171 Å². The Balaban J connectivity index is 1.29. The van der Waals surface area contributed by atoms with E-state index >= 15 is 0 Å².